The van der Waals surface area contributed by atoms with Crippen molar-refractivity contribution in [2.45, 2.75) is 49.6 Å². The third-order valence-corrected chi connectivity index (χ3v) is 6.73. The Bertz CT molecular complexity index is 884. The van der Waals surface area contributed by atoms with Crippen LogP contribution in [0.4, 0.5) is 10.7 Å². The van der Waals surface area contributed by atoms with Gasteiger partial charge in [-0.3, -0.25) is 5.01 Å². The van der Waals surface area contributed by atoms with Crippen molar-refractivity contribution < 1.29 is 9.32 Å². The molecule has 8 heteroatoms. The molecule has 5 unspecified atom stereocenters. The van der Waals surface area contributed by atoms with Gasteiger partial charge in [0.1, 0.15) is 0 Å². The largest absolute Gasteiger partial charge is 0.344 e. The molecular formula is C21H28N6O2. The molecule has 2 amide bonds. The molecule has 154 valence electrons. The summed E-state index contributed by atoms with van der Waals surface area (Å²) < 4.78 is 5.56. The number of aromatic nitrogens is 2. The van der Waals surface area contributed by atoms with Gasteiger partial charge in [-0.05, 0) is 42.3 Å². The Kier molecular flexibility index (Phi) is 4.46. The molecule has 6 rings (SSSR count). The second-order valence-corrected chi connectivity index (χ2v) is 8.84. The first-order valence-corrected chi connectivity index (χ1v) is 10.4. The summed E-state index contributed by atoms with van der Waals surface area (Å²) in [6.45, 7) is 0.769. The SMILES string of the molecule is CN(C)c1noc(C2CC3CCC2N(C(=O)N(N)C2CC2c2ccccc2)C3)n1. The van der Waals surface area contributed by atoms with Gasteiger partial charge in [-0.25, -0.2) is 10.6 Å². The number of anilines is 1. The minimum absolute atomic E-state index is 0.0693. The summed E-state index contributed by atoms with van der Waals surface area (Å²) in [6, 6.07) is 10.4. The number of amides is 2. The quantitative estimate of drug-likeness (QED) is 0.485. The van der Waals surface area contributed by atoms with Gasteiger partial charge in [-0.15, -0.1) is 0 Å². The molecule has 5 atom stereocenters. The van der Waals surface area contributed by atoms with Gasteiger partial charge in [-0.2, -0.15) is 4.98 Å². The van der Waals surface area contributed by atoms with Crippen LogP contribution in [0.15, 0.2) is 34.9 Å². The molecule has 2 aliphatic carbocycles. The molecule has 2 aliphatic heterocycles. The first-order valence-electron chi connectivity index (χ1n) is 10.4. The summed E-state index contributed by atoms with van der Waals surface area (Å²) in [5, 5.41) is 5.53. The zero-order valence-electron chi connectivity index (χ0n) is 16.9. The van der Waals surface area contributed by atoms with E-state index in [1.807, 2.05) is 42.1 Å². The van der Waals surface area contributed by atoms with Gasteiger partial charge in [0.2, 0.25) is 5.89 Å². The molecule has 2 N–H and O–H groups in total. The van der Waals surface area contributed by atoms with Crippen molar-refractivity contribution in [3.63, 3.8) is 0 Å². The fourth-order valence-electron chi connectivity index (χ4n) is 5.08. The van der Waals surface area contributed by atoms with Gasteiger partial charge in [-0.1, -0.05) is 30.3 Å². The normalized spacial score (nSPS) is 30.3. The van der Waals surface area contributed by atoms with Gasteiger partial charge in [0.25, 0.3) is 5.95 Å². The van der Waals surface area contributed by atoms with Gasteiger partial charge in [0.05, 0.1) is 12.0 Å². The average molecular weight is 396 g/mol. The number of benzene rings is 1. The summed E-state index contributed by atoms with van der Waals surface area (Å²) in [6.07, 6.45) is 4.01. The minimum atomic E-state index is -0.0693. The summed E-state index contributed by atoms with van der Waals surface area (Å²) in [7, 11) is 3.78. The van der Waals surface area contributed by atoms with Crippen LogP contribution in [-0.2, 0) is 0 Å². The molecule has 2 saturated carbocycles. The molecule has 2 saturated heterocycles. The van der Waals surface area contributed by atoms with Crippen molar-refractivity contribution in [2.24, 2.45) is 11.8 Å². The van der Waals surface area contributed by atoms with Gasteiger partial charge < -0.3 is 14.3 Å². The number of carbonyl (C=O) groups excluding carboxylic acids is 1. The lowest BCUT2D eigenvalue weighted by Gasteiger charge is -2.49. The standard InChI is InChI=1S/C21H28N6O2/c1-25(2)20-23-19(29-24-20)16-10-13-8-9-17(16)26(12-13)21(28)27(22)18-11-15(18)14-6-4-3-5-7-14/h3-7,13,15-18H,8-12,22H2,1-2H3. The highest BCUT2D eigenvalue weighted by molar-refractivity contribution is 5.75. The molecule has 0 spiro atoms. The number of carbonyl (C=O) groups is 1. The van der Waals surface area contributed by atoms with Crippen LogP contribution in [0.5, 0.6) is 0 Å². The van der Waals surface area contributed by atoms with E-state index in [-0.39, 0.29) is 24.0 Å². The van der Waals surface area contributed by atoms with Crippen molar-refractivity contribution in [1.82, 2.24) is 20.0 Å². The first-order chi connectivity index (χ1) is 14.0. The van der Waals surface area contributed by atoms with Crippen molar-refractivity contribution in [3.05, 3.63) is 41.8 Å². The number of hydrogen-bond acceptors (Lipinski definition) is 6. The number of piperidine rings is 2. The summed E-state index contributed by atoms with van der Waals surface area (Å²) in [4.78, 5) is 21.6. The van der Waals surface area contributed by atoms with Crippen molar-refractivity contribution in [3.8, 4) is 0 Å². The number of hydrazine groups is 1. The van der Waals surface area contributed by atoms with Crippen LogP contribution in [0, 0.1) is 5.92 Å². The van der Waals surface area contributed by atoms with E-state index >= 15 is 0 Å². The summed E-state index contributed by atoms with van der Waals surface area (Å²) >= 11 is 0. The van der Waals surface area contributed by atoms with Crippen LogP contribution in [0.2, 0.25) is 0 Å². The van der Waals surface area contributed by atoms with E-state index < -0.39 is 0 Å². The highest BCUT2D eigenvalue weighted by Crippen LogP contribution is 2.47. The number of fused-ring (bicyclic) bond motifs is 3. The maximum Gasteiger partial charge on any atom is 0.334 e. The van der Waals surface area contributed by atoms with Crippen LogP contribution in [0.3, 0.4) is 0 Å². The molecule has 3 heterocycles. The Morgan fingerprint density at radius 2 is 1.97 bits per heavy atom. The zero-order valence-corrected chi connectivity index (χ0v) is 16.9. The van der Waals surface area contributed by atoms with Crippen LogP contribution >= 0.6 is 0 Å². The molecular weight excluding hydrogens is 368 g/mol. The second kappa shape index (κ2) is 7.02. The highest BCUT2D eigenvalue weighted by Gasteiger charge is 2.50. The second-order valence-electron chi connectivity index (χ2n) is 8.84. The lowest BCUT2D eigenvalue weighted by atomic mass is 9.72. The Hall–Kier alpha value is -2.61. The summed E-state index contributed by atoms with van der Waals surface area (Å²) in [5.74, 6) is 8.42. The Morgan fingerprint density at radius 3 is 2.66 bits per heavy atom. The predicted molar refractivity (Wildman–Crippen MR) is 108 cm³/mol. The minimum Gasteiger partial charge on any atom is -0.344 e. The van der Waals surface area contributed by atoms with Crippen LogP contribution in [0.1, 0.15) is 49.0 Å². The van der Waals surface area contributed by atoms with Gasteiger partial charge >= 0.3 is 6.03 Å². The third-order valence-electron chi connectivity index (χ3n) is 6.73. The van der Waals surface area contributed by atoms with E-state index in [4.69, 9.17) is 10.4 Å². The average Bonchev–Trinajstić information content (AvgIpc) is 3.40. The van der Waals surface area contributed by atoms with Crippen molar-refractivity contribution >= 4 is 12.0 Å². The molecule has 0 radical (unpaired) electrons. The topological polar surface area (TPSA) is 91.7 Å². The van der Waals surface area contributed by atoms with Crippen molar-refractivity contribution in [2.75, 3.05) is 25.5 Å². The van der Waals surface area contributed by atoms with E-state index in [0.717, 1.165) is 32.2 Å². The monoisotopic (exact) mass is 396 g/mol. The molecule has 1 aromatic carbocycles. The molecule has 2 aromatic rings. The van der Waals surface area contributed by atoms with Gasteiger partial charge in [0.15, 0.2) is 0 Å². The molecule has 29 heavy (non-hydrogen) atoms. The van der Waals surface area contributed by atoms with E-state index in [1.54, 1.807) is 0 Å². The van der Waals surface area contributed by atoms with Crippen molar-refractivity contribution in [1.29, 1.82) is 0 Å². The maximum atomic E-state index is 13.3. The van der Waals surface area contributed by atoms with Crippen LogP contribution in [0.25, 0.3) is 0 Å². The number of urea groups is 1. The zero-order chi connectivity index (χ0) is 20.1. The lowest BCUT2D eigenvalue weighted by Crippen LogP contribution is -2.59. The van der Waals surface area contributed by atoms with E-state index in [9.17, 15) is 4.79 Å². The number of nitrogens with two attached hydrogens (primary N) is 1. The Labute approximate surface area is 170 Å². The fourth-order valence-corrected chi connectivity index (χ4v) is 5.08. The molecule has 4 aliphatic rings. The lowest BCUT2D eigenvalue weighted by molar-refractivity contribution is 0.0305. The number of hydrogen-bond donors (Lipinski definition) is 1. The first kappa shape index (κ1) is 18.4. The van der Waals surface area contributed by atoms with E-state index in [2.05, 4.69) is 22.3 Å². The maximum absolute atomic E-state index is 13.3. The van der Waals surface area contributed by atoms with Gasteiger partial charge in [0, 0.05) is 32.6 Å². The molecule has 4 fully saturated rings. The third kappa shape index (κ3) is 3.25. The number of nitrogens with zero attached hydrogens (tertiary/aromatic N) is 5. The molecule has 8 nitrogen and oxygen atoms in total. The highest BCUT2D eigenvalue weighted by atomic mass is 16.5. The van der Waals surface area contributed by atoms with E-state index in [0.29, 0.717) is 23.7 Å². The predicted octanol–water partition coefficient (Wildman–Crippen LogP) is 2.56. The molecule has 2 bridgehead atoms. The Balaban J connectivity index is 1.31. The Morgan fingerprint density at radius 1 is 1.17 bits per heavy atom. The number of rotatable bonds is 4. The van der Waals surface area contributed by atoms with Crippen LogP contribution < -0.4 is 10.7 Å². The molecule has 1 aromatic heterocycles. The van der Waals surface area contributed by atoms with E-state index in [1.165, 1.54) is 10.6 Å². The fraction of sp³-hybridized carbons (Fsp3) is 0.571. The van der Waals surface area contributed by atoms with Crippen LogP contribution in [-0.4, -0.2) is 58.8 Å². The smallest absolute Gasteiger partial charge is 0.334 e. The summed E-state index contributed by atoms with van der Waals surface area (Å²) in [5.41, 5.74) is 1.25.